The molecule has 1 unspecified atom stereocenters. The van der Waals surface area contributed by atoms with Crippen molar-refractivity contribution in [3.8, 4) is 0 Å². The second kappa shape index (κ2) is 3.31. The first kappa shape index (κ1) is 9.84. The van der Waals surface area contributed by atoms with Crippen molar-refractivity contribution >= 4 is 5.97 Å². The molecule has 0 bridgehead atoms. The third-order valence-electron chi connectivity index (χ3n) is 3.43. The summed E-state index contributed by atoms with van der Waals surface area (Å²) >= 11 is 0. The topological polar surface area (TPSA) is 81.1 Å². The summed E-state index contributed by atoms with van der Waals surface area (Å²) in [6.07, 6.45) is 4.13. The van der Waals surface area contributed by atoms with E-state index in [1.54, 1.807) is 0 Å². The number of imidazole rings is 1. The molecule has 1 aliphatic carbocycles. The number of carboxylic acid groups (broad SMARTS) is 1. The van der Waals surface area contributed by atoms with Crippen molar-refractivity contribution in [2.24, 2.45) is 5.73 Å². The Morgan fingerprint density at radius 2 is 2.19 bits per heavy atom. The minimum absolute atomic E-state index is 0.167. The lowest BCUT2D eigenvalue weighted by Crippen LogP contribution is -2.24. The van der Waals surface area contributed by atoms with Crippen molar-refractivity contribution in [3.63, 3.8) is 0 Å². The van der Waals surface area contributed by atoms with Crippen LogP contribution in [0.5, 0.6) is 0 Å². The van der Waals surface area contributed by atoms with E-state index in [0.29, 0.717) is 5.92 Å². The molecule has 3 N–H and O–H groups in total. The van der Waals surface area contributed by atoms with E-state index in [0.717, 1.165) is 43.7 Å². The molecule has 2 aliphatic rings. The number of hydrogen-bond donors (Lipinski definition) is 2. The lowest BCUT2D eigenvalue weighted by atomic mass is 10.0. The number of carbonyl (C=O) groups is 1. The summed E-state index contributed by atoms with van der Waals surface area (Å²) in [5.74, 6) is 0.465. The summed E-state index contributed by atoms with van der Waals surface area (Å²) < 4.78 is 2.05. The normalized spacial score (nSPS) is 24.2. The Labute approximate surface area is 93.3 Å². The second-order valence-electron chi connectivity index (χ2n) is 4.68. The first-order chi connectivity index (χ1) is 7.68. The van der Waals surface area contributed by atoms with E-state index in [2.05, 4.69) is 9.55 Å². The molecule has 1 fully saturated rings. The average Bonchev–Trinajstić information content (AvgIpc) is 2.99. The van der Waals surface area contributed by atoms with Crippen molar-refractivity contribution in [1.29, 1.82) is 0 Å². The van der Waals surface area contributed by atoms with Crippen molar-refractivity contribution in [3.05, 3.63) is 17.2 Å². The molecule has 86 valence electrons. The van der Waals surface area contributed by atoms with Crippen LogP contribution in [0.15, 0.2) is 0 Å². The van der Waals surface area contributed by atoms with Gasteiger partial charge in [0, 0.05) is 18.5 Å². The quantitative estimate of drug-likeness (QED) is 0.787. The van der Waals surface area contributed by atoms with Gasteiger partial charge >= 0.3 is 5.97 Å². The number of hydrogen-bond acceptors (Lipinski definition) is 3. The Hall–Kier alpha value is -1.36. The number of nitrogens with zero attached hydrogens (tertiary/aromatic N) is 2. The first-order valence-electron chi connectivity index (χ1n) is 5.77. The van der Waals surface area contributed by atoms with Crippen molar-refractivity contribution in [2.75, 3.05) is 0 Å². The van der Waals surface area contributed by atoms with E-state index in [1.165, 1.54) is 0 Å². The van der Waals surface area contributed by atoms with E-state index in [-0.39, 0.29) is 11.7 Å². The lowest BCUT2D eigenvalue weighted by Gasteiger charge is -2.22. The molecule has 5 heteroatoms. The molecule has 0 saturated heterocycles. The van der Waals surface area contributed by atoms with Crippen molar-refractivity contribution in [1.82, 2.24) is 9.55 Å². The number of aromatic carboxylic acids is 1. The van der Waals surface area contributed by atoms with Crippen molar-refractivity contribution in [2.45, 2.75) is 44.2 Å². The van der Waals surface area contributed by atoms with Crippen LogP contribution in [0.4, 0.5) is 0 Å². The predicted molar refractivity (Wildman–Crippen MR) is 57.3 cm³/mol. The van der Waals surface area contributed by atoms with Gasteiger partial charge in [0.05, 0.1) is 5.69 Å². The number of fused-ring (bicyclic) bond motifs is 1. The summed E-state index contributed by atoms with van der Waals surface area (Å²) in [7, 11) is 0. The zero-order valence-electron chi connectivity index (χ0n) is 9.02. The Balaban J connectivity index is 2.15. The molecule has 0 amide bonds. The molecule has 1 aromatic rings. The second-order valence-corrected chi connectivity index (χ2v) is 4.68. The van der Waals surface area contributed by atoms with E-state index < -0.39 is 5.97 Å². The van der Waals surface area contributed by atoms with E-state index >= 15 is 0 Å². The Bertz CT molecular complexity index is 448. The van der Waals surface area contributed by atoms with Crippen LogP contribution in [0.3, 0.4) is 0 Å². The SMILES string of the molecule is NC1CCCn2c(C3CC3)nc(C(=O)O)c21. The molecule has 1 aromatic heterocycles. The van der Waals surface area contributed by atoms with Crippen LogP contribution >= 0.6 is 0 Å². The number of aromatic nitrogens is 2. The van der Waals surface area contributed by atoms with Crippen LogP contribution < -0.4 is 5.73 Å². The summed E-state index contributed by atoms with van der Waals surface area (Å²) in [6.45, 7) is 0.870. The lowest BCUT2D eigenvalue weighted by molar-refractivity contribution is 0.0688. The van der Waals surface area contributed by atoms with Gasteiger partial charge in [0.25, 0.3) is 0 Å². The molecular formula is C11H15N3O2. The summed E-state index contributed by atoms with van der Waals surface area (Å²) in [4.78, 5) is 15.4. The maximum atomic E-state index is 11.1. The smallest absolute Gasteiger partial charge is 0.356 e. The predicted octanol–water partition coefficient (Wildman–Crippen LogP) is 1.25. The van der Waals surface area contributed by atoms with Crippen LogP contribution in [0, 0.1) is 0 Å². The Kier molecular flexibility index (Phi) is 2.04. The third-order valence-corrected chi connectivity index (χ3v) is 3.43. The molecule has 3 rings (SSSR count). The molecule has 16 heavy (non-hydrogen) atoms. The Morgan fingerprint density at radius 1 is 1.44 bits per heavy atom. The minimum Gasteiger partial charge on any atom is -0.476 e. The highest BCUT2D eigenvalue weighted by Crippen LogP contribution is 2.42. The van der Waals surface area contributed by atoms with Gasteiger partial charge in [-0.15, -0.1) is 0 Å². The molecular weight excluding hydrogens is 206 g/mol. The van der Waals surface area contributed by atoms with Gasteiger partial charge in [0.2, 0.25) is 0 Å². The molecule has 0 radical (unpaired) electrons. The molecule has 1 saturated carbocycles. The van der Waals surface area contributed by atoms with Gasteiger partial charge in [0.1, 0.15) is 5.82 Å². The van der Waals surface area contributed by atoms with E-state index in [4.69, 9.17) is 10.8 Å². The van der Waals surface area contributed by atoms with Gasteiger partial charge in [-0.2, -0.15) is 0 Å². The molecule has 0 aromatic carbocycles. The Morgan fingerprint density at radius 3 is 2.81 bits per heavy atom. The highest BCUT2D eigenvalue weighted by molar-refractivity contribution is 5.87. The molecule has 5 nitrogen and oxygen atoms in total. The van der Waals surface area contributed by atoms with Crippen LogP contribution in [-0.2, 0) is 6.54 Å². The fraction of sp³-hybridized carbons (Fsp3) is 0.636. The molecule has 1 aliphatic heterocycles. The average molecular weight is 221 g/mol. The largest absolute Gasteiger partial charge is 0.476 e. The summed E-state index contributed by atoms with van der Waals surface area (Å²) in [5.41, 5.74) is 6.91. The highest BCUT2D eigenvalue weighted by Gasteiger charge is 2.35. The van der Waals surface area contributed by atoms with E-state index in [9.17, 15) is 4.79 Å². The van der Waals surface area contributed by atoms with Crippen LogP contribution in [0.1, 0.15) is 59.6 Å². The monoisotopic (exact) mass is 221 g/mol. The highest BCUT2D eigenvalue weighted by atomic mass is 16.4. The fourth-order valence-corrected chi connectivity index (χ4v) is 2.51. The van der Waals surface area contributed by atoms with Crippen molar-refractivity contribution < 1.29 is 9.90 Å². The zero-order valence-corrected chi connectivity index (χ0v) is 9.02. The number of carboxylic acids is 1. The van der Waals surface area contributed by atoms with Crippen LogP contribution in [0.2, 0.25) is 0 Å². The molecule has 2 heterocycles. The number of rotatable bonds is 2. The minimum atomic E-state index is -0.951. The summed E-state index contributed by atoms with van der Waals surface area (Å²) in [6, 6.07) is -0.167. The molecule has 1 atom stereocenters. The molecule has 0 spiro atoms. The van der Waals surface area contributed by atoms with Gasteiger partial charge in [-0.1, -0.05) is 0 Å². The first-order valence-corrected chi connectivity index (χ1v) is 5.77. The number of nitrogens with two attached hydrogens (primary N) is 1. The van der Waals surface area contributed by atoms with Gasteiger partial charge in [-0.25, -0.2) is 9.78 Å². The van der Waals surface area contributed by atoms with Gasteiger partial charge in [0.15, 0.2) is 5.69 Å². The third kappa shape index (κ3) is 1.35. The standard InChI is InChI=1S/C11H15N3O2/c12-7-2-1-5-14-9(7)8(11(15)16)13-10(14)6-3-4-6/h6-7H,1-5,12H2,(H,15,16). The van der Waals surface area contributed by atoms with Crippen LogP contribution in [-0.4, -0.2) is 20.6 Å². The van der Waals surface area contributed by atoms with Gasteiger partial charge in [-0.05, 0) is 25.7 Å². The van der Waals surface area contributed by atoms with E-state index in [1.807, 2.05) is 0 Å². The zero-order chi connectivity index (χ0) is 11.3. The maximum Gasteiger partial charge on any atom is 0.356 e. The fourth-order valence-electron chi connectivity index (χ4n) is 2.51. The summed E-state index contributed by atoms with van der Waals surface area (Å²) in [5, 5.41) is 9.14. The van der Waals surface area contributed by atoms with Crippen LogP contribution in [0.25, 0.3) is 0 Å². The van der Waals surface area contributed by atoms with Gasteiger partial charge in [-0.3, -0.25) is 0 Å². The maximum absolute atomic E-state index is 11.1. The van der Waals surface area contributed by atoms with Gasteiger partial charge < -0.3 is 15.4 Å².